The standard InChI is InChI=1S/C11H16FN/c1-9(2)11(12)6-5-10-4-3-7-13-8-10/h3-4,7-9,11H,5-6H2,1-2H3. The van der Waals surface area contributed by atoms with E-state index in [0.29, 0.717) is 6.42 Å². The topological polar surface area (TPSA) is 12.9 Å². The van der Waals surface area contributed by atoms with Gasteiger partial charge in [0.05, 0.1) is 0 Å². The Labute approximate surface area is 79.0 Å². The second-order valence-electron chi connectivity index (χ2n) is 3.66. The van der Waals surface area contributed by atoms with Crippen LogP contribution in [0.4, 0.5) is 4.39 Å². The van der Waals surface area contributed by atoms with Gasteiger partial charge in [-0.15, -0.1) is 0 Å². The van der Waals surface area contributed by atoms with Crippen LogP contribution in [0, 0.1) is 5.92 Å². The van der Waals surface area contributed by atoms with Crippen molar-refractivity contribution in [3.05, 3.63) is 30.1 Å². The van der Waals surface area contributed by atoms with Crippen molar-refractivity contribution in [3.63, 3.8) is 0 Å². The number of hydrogen-bond donors (Lipinski definition) is 0. The van der Waals surface area contributed by atoms with Gasteiger partial charge in [0.15, 0.2) is 0 Å². The van der Waals surface area contributed by atoms with Gasteiger partial charge in [-0.3, -0.25) is 4.98 Å². The van der Waals surface area contributed by atoms with Gasteiger partial charge in [0.1, 0.15) is 6.17 Å². The summed E-state index contributed by atoms with van der Waals surface area (Å²) in [4.78, 5) is 3.99. The third-order valence-electron chi connectivity index (χ3n) is 2.15. The molecule has 13 heavy (non-hydrogen) atoms. The van der Waals surface area contributed by atoms with Gasteiger partial charge in [0, 0.05) is 12.4 Å². The van der Waals surface area contributed by atoms with Crippen LogP contribution < -0.4 is 0 Å². The molecule has 0 spiro atoms. The molecule has 1 aromatic heterocycles. The summed E-state index contributed by atoms with van der Waals surface area (Å²) in [5, 5.41) is 0. The summed E-state index contributed by atoms with van der Waals surface area (Å²) in [6.07, 6.45) is 4.22. The molecule has 1 nitrogen and oxygen atoms in total. The number of alkyl halides is 1. The summed E-state index contributed by atoms with van der Waals surface area (Å²) in [6.45, 7) is 3.82. The molecule has 0 saturated carbocycles. The summed E-state index contributed by atoms with van der Waals surface area (Å²) in [5.41, 5.74) is 1.12. The predicted octanol–water partition coefficient (Wildman–Crippen LogP) is 3.01. The minimum absolute atomic E-state index is 0.122. The summed E-state index contributed by atoms with van der Waals surface area (Å²) >= 11 is 0. The summed E-state index contributed by atoms with van der Waals surface area (Å²) < 4.78 is 13.2. The van der Waals surface area contributed by atoms with Crippen molar-refractivity contribution >= 4 is 0 Å². The van der Waals surface area contributed by atoms with Crippen molar-refractivity contribution in [3.8, 4) is 0 Å². The zero-order valence-electron chi connectivity index (χ0n) is 8.20. The fourth-order valence-electron chi connectivity index (χ4n) is 1.18. The average molecular weight is 181 g/mol. The molecule has 1 aromatic rings. The zero-order chi connectivity index (χ0) is 9.68. The van der Waals surface area contributed by atoms with E-state index >= 15 is 0 Å². The lowest BCUT2D eigenvalue weighted by Crippen LogP contribution is -2.09. The Bertz CT molecular complexity index is 233. The molecular weight excluding hydrogens is 165 g/mol. The van der Waals surface area contributed by atoms with Crippen LogP contribution >= 0.6 is 0 Å². The summed E-state index contributed by atoms with van der Waals surface area (Å²) in [7, 11) is 0. The first kappa shape index (κ1) is 10.2. The van der Waals surface area contributed by atoms with Gasteiger partial charge >= 0.3 is 0 Å². The maximum Gasteiger partial charge on any atom is 0.103 e. The minimum atomic E-state index is -0.694. The van der Waals surface area contributed by atoms with Gasteiger partial charge in [-0.25, -0.2) is 4.39 Å². The molecule has 0 radical (unpaired) electrons. The fraction of sp³-hybridized carbons (Fsp3) is 0.545. The van der Waals surface area contributed by atoms with Crippen LogP contribution in [0.1, 0.15) is 25.8 Å². The van der Waals surface area contributed by atoms with Crippen LogP contribution in [0.5, 0.6) is 0 Å². The van der Waals surface area contributed by atoms with Gasteiger partial charge in [-0.05, 0) is 30.4 Å². The highest BCUT2D eigenvalue weighted by atomic mass is 19.1. The van der Waals surface area contributed by atoms with Crippen LogP contribution in [0.15, 0.2) is 24.5 Å². The highest BCUT2D eigenvalue weighted by Crippen LogP contribution is 2.13. The molecule has 0 fully saturated rings. The van der Waals surface area contributed by atoms with E-state index in [9.17, 15) is 4.39 Å². The Hall–Kier alpha value is -0.920. The minimum Gasteiger partial charge on any atom is -0.264 e. The van der Waals surface area contributed by atoms with E-state index < -0.39 is 6.17 Å². The van der Waals surface area contributed by atoms with E-state index in [4.69, 9.17) is 0 Å². The van der Waals surface area contributed by atoms with E-state index in [0.717, 1.165) is 12.0 Å². The molecule has 0 saturated heterocycles. The van der Waals surface area contributed by atoms with Crippen molar-refractivity contribution in [2.75, 3.05) is 0 Å². The van der Waals surface area contributed by atoms with E-state index in [1.165, 1.54) is 0 Å². The molecule has 0 aliphatic rings. The molecular formula is C11H16FN. The lowest BCUT2D eigenvalue weighted by Gasteiger charge is -2.10. The Morgan fingerprint density at radius 3 is 2.77 bits per heavy atom. The first-order chi connectivity index (χ1) is 6.20. The molecule has 0 aliphatic heterocycles. The quantitative estimate of drug-likeness (QED) is 0.695. The molecule has 1 unspecified atom stereocenters. The largest absolute Gasteiger partial charge is 0.264 e. The molecule has 0 aliphatic carbocycles. The highest BCUT2D eigenvalue weighted by Gasteiger charge is 2.10. The molecule has 0 N–H and O–H groups in total. The summed E-state index contributed by atoms with van der Waals surface area (Å²) in [6, 6.07) is 3.87. The third kappa shape index (κ3) is 3.53. The molecule has 72 valence electrons. The van der Waals surface area contributed by atoms with Gasteiger partial charge in [0.25, 0.3) is 0 Å². The lowest BCUT2D eigenvalue weighted by atomic mass is 10.0. The number of hydrogen-bond acceptors (Lipinski definition) is 1. The Morgan fingerprint density at radius 1 is 1.46 bits per heavy atom. The highest BCUT2D eigenvalue weighted by molar-refractivity contribution is 5.08. The number of aromatic nitrogens is 1. The zero-order valence-corrected chi connectivity index (χ0v) is 8.20. The summed E-state index contributed by atoms with van der Waals surface area (Å²) in [5.74, 6) is 0.122. The second kappa shape index (κ2) is 4.95. The van der Waals surface area contributed by atoms with Gasteiger partial charge < -0.3 is 0 Å². The first-order valence-electron chi connectivity index (χ1n) is 4.73. The van der Waals surface area contributed by atoms with E-state index in [1.54, 1.807) is 12.4 Å². The van der Waals surface area contributed by atoms with Crippen LogP contribution in [0.3, 0.4) is 0 Å². The van der Waals surface area contributed by atoms with Gasteiger partial charge in [-0.1, -0.05) is 19.9 Å². The molecule has 1 heterocycles. The SMILES string of the molecule is CC(C)C(F)CCc1cccnc1. The van der Waals surface area contributed by atoms with Crippen molar-refractivity contribution in [1.29, 1.82) is 0 Å². The van der Waals surface area contributed by atoms with Gasteiger partial charge in [0.2, 0.25) is 0 Å². The first-order valence-corrected chi connectivity index (χ1v) is 4.73. The lowest BCUT2D eigenvalue weighted by molar-refractivity contribution is 0.240. The fourth-order valence-corrected chi connectivity index (χ4v) is 1.18. The average Bonchev–Trinajstić information content (AvgIpc) is 2.15. The van der Waals surface area contributed by atoms with E-state index in [2.05, 4.69) is 4.98 Å². The molecule has 1 atom stereocenters. The Kier molecular flexibility index (Phi) is 3.87. The second-order valence-corrected chi connectivity index (χ2v) is 3.66. The predicted molar refractivity (Wildman–Crippen MR) is 52.3 cm³/mol. The van der Waals surface area contributed by atoms with E-state index in [1.807, 2.05) is 26.0 Å². The molecule has 1 rings (SSSR count). The monoisotopic (exact) mass is 181 g/mol. The van der Waals surface area contributed by atoms with Crippen LogP contribution in [-0.2, 0) is 6.42 Å². The number of aryl methyl sites for hydroxylation is 1. The molecule has 0 amide bonds. The normalized spacial score (nSPS) is 13.2. The van der Waals surface area contributed by atoms with Gasteiger partial charge in [-0.2, -0.15) is 0 Å². The van der Waals surface area contributed by atoms with Crippen LogP contribution in [0.2, 0.25) is 0 Å². The number of halogens is 1. The van der Waals surface area contributed by atoms with Crippen molar-refractivity contribution in [1.82, 2.24) is 4.98 Å². The van der Waals surface area contributed by atoms with E-state index in [-0.39, 0.29) is 5.92 Å². The van der Waals surface area contributed by atoms with Crippen molar-refractivity contribution in [2.45, 2.75) is 32.9 Å². The Morgan fingerprint density at radius 2 is 2.23 bits per heavy atom. The molecule has 0 bridgehead atoms. The molecule has 0 aromatic carbocycles. The van der Waals surface area contributed by atoms with Crippen LogP contribution in [0.25, 0.3) is 0 Å². The van der Waals surface area contributed by atoms with Crippen LogP contribution in [-0.4, -0.2) is 11.2 Å². The smallest absolute Gasteiger partial charge is 0.103 e. The Balaban J connectivity index is 2.35. The number of nitrogens with zero attached hydrogens (tertiary/aromatic N) is 1. The number of pyridine rings is 1. The maximum absolute atomic E-state index is 13.2. The third-order valence-corrected chi connectivity index (χ3v) is 2.15. The maximum atomic E-state index is 13.2. The molecule has 2 heteroatoms. The number of rotatable bonds is 4. The van der Waals surface area contributed by atoms with Crippen molar-refractivity contribution in [2.24, 2.45) is 5.92 Å². The van der Waals surface area contributed by atoms with Crippen molar-refractivity contribution < 1.29 is 4.39 Å².